The van der Waals surface area contributed by atoms with E-state index >= 15 is 0 Å². The maximum Gasteiger partial charge on any atom is 0.160 e. The van der Waals surface area contributed by atoms with Crippen LogP contribution in [0.15, 0.2) is 291 Å². The van der Waals surface area contributed by atoms with Gasteiger partial charge in [-0.25, -0.2) is 9.97 Å². The maximum absolute atomic E-state index is 5.15. The molecule has 0 amide bonds. The van der Waals surface area contributed by atoms with Crippen molar-refractivity contribution in [2.75, 3.05) is 0 Å². The van der Waals surface area contributed by atoms with Crippen molar-refractivity contribution in [1.29, 1.82) is 0 Å². The summed E-state index contributed by atoms with van der Waals surface area (Å²) in [6, 6.07) is 105. The first kappa shape index (κ1) is 43.5. The van der Waals surface area contributed by atoms with E-state index in [9.17, 15) is 0 Å². The van der Waals surface area contributed by atoms with Crippen LogP contribution in [0, 0.1) is 0 Å². The third-order valence-electron chi connectivity index (χ3n) is 14.6. The molecule has 73 heavy (non-hydrogen) atoms. The number of nitrogens with zero attached hydrogens (tertiary/aromatic N) is 2. The third-order valence-corrected chi connectivity index (χ3v) is 14.6. The molecule has 0 N–H and O–H groups in total. The van der Waals surface area contributed by atoms with Crippen LogP contribution in [-0.2, 0) is 5.41 Å². The molecule has 2 nitrogen and oxygen atoms in total. The molecule has 0 spiro atoms. The molecule has 0 bridgehead atoms. The fourth-order valence-corrected chi connectivity index (χ4v) is 11.2. The smallest absolute Gasteiger partial charge is 0.160 e. The fourth-order valence-electron chi connectivity index (χ4n) is 11.2. The summed E-state index contributed by atoms with van der Waals surface area (Å²) in [4.78, 5) is 10.2. The Kier molecular flexibility index (Phi) is 11.1. The molecule has 0 fully saturated rings. The van der Waals surface area contributed by atoms with Gasteiger partial charge in [-0.2, -0.15) is 0 Å². The maximum atomic E-state index is 5.15. The van der Waals surface area contributed by atoms with E-state index in [1.165, 1.54) is 72.3 Å². The third kappa shape index (κ3) is 7.87. The van der Waals surface area contributed by atoms with Crippen molar-refractivity contribution in [2.24, 2.45) is 0 Å². The van der Waals surface area contributed by atoms with Crippen molar-refractivity contribution in [2.45, 2.75) is 5.41 Å². The average molecular weight is 929 g/mol. The van der Waals surface area contributed by atoms with E-state index in [0.29, 0.717) is 5.82 Å². The first-order valence-electron chi connectivity index (χ1n) is 25.0. The van der Waals surface area contributed by atoms with Gasteiger partial charge in [-0.3, -0.25) is 0 Å². The van der Waals surface area contributed by atoms with Crippen molar-refractivity contribution in [3.63, 3.8) is 0 Å². The summed E-state index contributed by atoms with van der Waals surface area (Å²) in [7, 11) is 0. The minimum atomic E-state index is -0.474. The Morgan fingerprint density at radius 1 is 0.219 bits per heavy atom. The van der Waals surface area contributed by atoms with Crippen molar-refractivity contribution in [3.05, 3.63) is 313 Å². The van der Waals surface area contributed by atoms with E-state index in [1.807, 2.05) is 24.3 Å². The van der Waals surface area contributed by atoms with Crippen LogP contribution in [0.3, 0.4) is 0 Å². The Morgan fingerprint density at radius 2 is 0.644 bits per heavy atom. The molecule has 13 rings (SSSR count). The highest BCUT2D eigenvalue weighted by Gasteiger charge is 2.46. The second kappa shape index (κ2) is 18.7. The molecule has 1 aliphatic carbocycles. The first-order valence-corrected chi connectivity index (χ1v) is 25.0. The molecule has 1 aliphatic rings. The van der Waals surface area contributed by atoms with Crippen LogP contribution in [0.1, 0.15) is 22.3 Å². The molecular weight excluding hydrogens is 881 g/mol. The molecule has 0 atom stereocenters. The Morgan fingerprint density at radius 3 is 1.27 bits per heavy atom. The second-order valence-corrected chi connectivity index (χ2v) is 18.8. The van der Waals surface area contributed by atoms with E-state index in [1.54, 1.807) is 0 Å². The van der Waals surface area contributed by atoms with E-state index in [4.69, 9.17) is 9.97 Å². The summed E-state index contributed by atoms with van der Waals surface area (Å²) >= 11 is 0. The number of fused-ring (bicyclic) bond motifs is 3. The topological polar surface area (TPSA) is 25.8 Å². The van der Waals surface area contributed by atoms with Crippen molar-refractivity contribution in [3.8, 4) is 101 Å². The lowest BCUT2D eigenvalue weighted by atomic mass is 9.67. The summed E-state index contributed by atoms with van der Waals surface area (Å²) < 4.78 is 0. The highest BCUT2D eigenvalue weighted by atomic mass is 14.9. The van der Waals surface area contributed by atoms with Gasteiger partial charge in [0.1, 0.15) is 0 Å². The minimum absolute atomic E-state index is 0.474. The van der Waals surface area contributed by atoms with Gasteiger partial charge in [0.25, 0.3) is 0 Å². The zero-order valence-corrected chi connectivity index (χ0v) is 40.1. The second-order valence-electron chi connectivity index (χ2n) is 18.8. The van der Waals surface area contributed by atoms with Gasteiger partial charge in [0.15, 0.2) is 5.82 Å². The summed E-state index contributed by atoms with van der Waals surface area (Å²) in [6.45, 7) is 0. The molecule has 0 saturated heterocycles. The monoisotopic (exact) mass is 928 g/mol. The van der Waals surface area contributed by atoms with Crippen LogP contribution < -0.4 is 0 Å². The van der Waals surface area contributed by atoms with Gasteiger partial charge in [-0.05, 0) is 119 Å². The lowest BCUT2D eigenvalue weighted by Gasteiger charge is -2.34. The van der Waals surface area contributed by atoms with E-state index in [-0.39, 0.29) is 0 Å². The highest BCUT2D eigenvalue weighted by molar-refractivity contribution is 5.99. The quantitative estimate of drug-likeness (QED) is 0.137. The lowest BCUT2D eigenvalue weighted by Crippen LogP contribution is -2.28. The SMILES string of the molecule is c1ccc(-c2cc(-c3ccc(-c4cccc(-c5cc(-c6ccccc6)nc(-c6ccccc6)n5)c4)cc3)c(-c3ccccc3)c(-c3ccc4c(c3)-c3ccccc3C4(c3ccccc3)c3ccccc3)c2)cc1. The molecule has 0 saturated carbocycles. The largest absolute Gasteiger partial charge is 0.228 e. The van der Waals surface area contributed by atoms with Crippen molar-refractivity contribution < 1.29 is 0 Å². The molecule has 2 heteroatoms. The van der Waals surface area contributed by atoms with Crippen LogP contribution in [0.4, 0.5) is 0 Å². The van der Waals surface area contributed by atoms with Crippen LogP contribution >= 0.6 is 0 Å². The summed E-state index contributed by atoms with van der Waals surface area (Å²) in [5, 5.41) is 0. The number of aromatic nitrogens is 2. The zero-order valence-electron chi connectivity index (χ0n) is 40.1. The molecule has 11 aromatic carbocycles. The summed E-state index contributed by atoms with van der Waals surface area (Å²) in [5.74, 6) is 0.704. The Bertz CT molecular complexity index is 3810. The molecule has 12 aromatic rings. The fraction of sp³-hybridized carbons (Fsp3) is 0.0141. The van der Waals surface area contributed by atoms with E-state index in [0.717, 1.165) is 44.8 Å². The van der Waals surface area contributed by atoms with Gasteiger partial charge in [0.2, 0.25) is 0 Å². The van der Waals surface area contributed by atoms with Crippen LogP contribution in [0.5, 0.6) is 0 Å². The van der Waals surface area contributed by atoms with Gasteiger partial charge in [0.05, 0.1) is 16.8 Å². The summed E-state index contributed by atoms with van der Waals surface area (Å²) in [5.41, 5.74) is 23.6. The molecule has 0 unspecified atom stereocenters. The Balaban J connectivity index is 0.958. The van der Waals surface area contributed by atoms with Crippen LogP contribution in [0.2, 0.25) is 0 Å². The predicted octanol–water partition coefficient (Wildman–Crippen LogP) is 18.2. The number of rotatable bonds is 10. The van der Waals surface area contributed by atoms with Crippen LogP contribution in [0.25, 0.3) is 101 Å². The first-order chi connectivity index (χ1) is 36.2. The van der Waals surface area contributed by atoms with E-state index in [2.05, 4.69) is 267 Å². The molecule has 1 heterocycles. The number of benzene rings is 11. The Labute approximate surface area is 427 Å². The van der Waals surface area contributed by atoms with Gasteiger partial charge >= 0.3 is 0 Å². The van der Waals surface area contributed by atoms with Crippen LogP contribution in [-0.4, -0.2) is 9.97 Å². The van der Waals surface area contributed by atoms with Crippen molar-refractivity contribution >= 4 is 0 Å². The van der Waals surface area contributed by atoms with Gasteiger partial charge in [0, 0.05) is 16.7 Å². The number of hydrogen-bond acceptors (Lipinski definition) is 2. The van der Waals surface area contributed by atoms with Gasteiger partial charge < -0.3 is 0 Å². The summed E-state index contributed by atoms with van der Waals surface area (Å²) in [6.07, 6.45) is 0. The Hall–Kier alpha value is -9.50. The van der Waals surface area contributed by atoms with Crippen molar-refractivity contribution in [1.82, 2.24) is 9.97 Å². The average Bonchev–Trinajstić information content (AvgIpc) is 3.78. The molecular formula is C71H48N2. The molecule has 0 radical (unpaired) electrons. The number of hydrogen-bond donors (Lipinski definition) is 0. The predicted molar refractivity (Wildman–Crippen MR) is 303 cm³/mol. The molecule has 0 aliphatic heterocycles. The lowest BCUT2D eigenvalue weighted by molar-refractivity contribution is 0.768. The van der Waals surface area contributed by atoms with Gasteiger partial charge in [-0.1, -0.05) is 261 Å². The zero-order chi connectivity index (χ0) is 48.6. The minimum Gasteiger partial charge on any atom is -0.228 e. The molecule has 1 aromatic heterocycles. The van der Waals surface area contributed by atoms with Gasteiger partial charge in [-0.15, -0.1) is 0 Å². The highest BCUT2D eigenvalue weighted by Crippen LogP contribution is 2.57. The normalized spacial score (nSPS) is 12.2. The van der Waals surface area contributed by atoms with E-state index < -0.39 is 5.41 Å². The standard InChI is InChI=1S/C71H48N2/c1-7-22-49(23-8-1)58-46-62(51-40-38-50(39-41-51)55-30-21-31-57(44-55)68-48-67(52-24-9-2-10-25-52)72-70(73-68)54-28-13-4-14-29-54)69(53-26-11-3-12-27-53)63(47-58)56-42-43-66-64(45-56)61-36-19-20-37-65(61)71(66,59-32-15-5-16-33-59)60-34-17-6-18-35-60/h1-48H. The molecule has 342 valence electrons.